The quantitative estimate of drug-likeness (QED) is 0.851. The Hall–Kier alpha value is -3.40. The molecule has 1 aromatic carbocycles. The maximum atomic E-state index is 12.6. The van der Waals surface area contributed by atoms with Gasteiger partial charge in [0.05, 0.1) is 11.6 Å². The molecule has 0 unspecified atom stereocenters. The zero-order valence-corrected chi connectivity index (χ0v) is 14.3. The lowest BCUT2D eigenvalue weighted by atomic mass is 10.1. The van der Waals surface area contributed by atoms with Crippen molar-refractivity contribution in [3.05, 3.63) is 69.6 Å². The molecule has 1 fully saturated rings. The van der Waals surface area contributed by atoms with E-state index in [0.717, 1.165) is 5.56 Å². The molecule has 0 spiro atoms. The molecule has 26 heavy (non-hydrogen) atoms. The number of aromatic nitrogens is 1. The highest BCUT2D eigenvalue weighted by atomic mass is 16.2. The van der Waals surface area contributed by atoms with E-state index in [1.54, 1.807) is 7.05 Å². The van der Waals surface area contributed by atoms with Crippen LogP contribution in [0.1, 0.15) is 39.1 Å². The lowest BCUT2D eigenvalue weighted by Gasteiger charge is -2.17. The average Bonchev–Trinajstić information content (AvgIpc) is 3.42. The van der Waals surface area contributed by atoms with Crippen molar-refractivity contribution >= 4 is 11.8 Å². The third-order valence-electron chi connectivity index (χ3n) is 4.32. The molecule has 2 aromatic rings. The third kappa shape index (κ3) is 3.64. The molecule has 2 amide bonds. The number of amides is 2. The summed E-state index contributed by atoms with van der Waals surface area (Å²) in [5, 5.41) is 11.7. The summed E-state index contributed by atoms with van der Waals surface area (Å²) in [7, 11) is 1.59. The molecule has 1 aliphatic carbocycles. The number of hydrogen-bond donors (Lipinski definition) is 2. The number of nitrogens with one attached hydrogen (secondary N) is 2. The van der Waals surface area contributed by atoms with Crippen LogP contribution in [0.4, 0.5) is 0 Å². The second kappa shape index (κ2) is 6.84. The molecule has 1 heterocycles. The number of nitrogens with zero attached hydrogens (tertiary/aromatic N) is 2. The fourth-order valence-corrected chi connectivity index (χ4v) is 2.59. The van der Waals surface area contributed by atoms with E-state index >= 15 is 0 Å². The van der Waals surface area contributed by atoms with Gasteiger partial charge in [-0.25, -0.2) is 0 Å². The number of carbonyl (C=O) groups excluding carboxylic acids is 2. The van der Waals surface area contributed by atoms with Crippen LogP contribution in [-0.4, -0.2) is 34.3 Å². The summed E-state index contributed by atoms with van der Waals surface area (Å²) in [4.78, 5) is 40.8. The van der Waals surface area contributed by atoms with E-state index in [9.17, 15) is 14.4 Å². The minimum Gasteiger partial charge on any atom is -0.337 e. The average molecular weight is 350 g/mol. The standard InChI is InChI=1S/C19H18N4O3/c1-23(11-13-5-3-2-4-6-13)18(26)15-9-14(10-21-17(15)25)16(24)22-19(12-20)7-8-19/h2-6,9-10H,7-8,11H2,1H3,(H,21,25)(H,22,24). The maximum Gasteiger partial charge on any atom is 0.260 e. The van der Waals surface area contributed by atoms with Crippen LogP contribution < -0.4 is 10.9 Å². The van der Waals surface area contributed by atoms with Gasteiger partial charge in [0, 0.05) is 19.8 Å². The molecule has 7 heteroatoms. The fraction of sp³-hybridized carbons (Fsp3) is 0.263. The monoisotopic (exact) mass is 350 g/mol. The molecule has 7 nitrogen and oxygen atoms in total. The van der Waals surface area contributed by atoms with Gasteiger partial charge in [0.25, 0.3) is 17.4 Å². The molecule has 3 rings (SSSR count). The van der Waals surface area contributed by atoms with Crippen molar-refractivity contribution in [2.45, 2.75) is 24.9 Å². The largest absolute Gasteiger partial charge is 0.337 e. The first-order valence-electron chi connectivity index (χ1n) is 8.20. The summed E-state index contributed by atoms with van der Waals surface area (Å²) < 4.78 is 0. The topological polar surface area (TPSA) is 106 Å². The Labute approximate surface area is 150 Å². The Morgan fingerprint density at radius 2 is 2.00 bits per heavy atom. The van der Waals surface area contributed by atoms with Crippen molar-refractivity contribution in [3.63, 3.8) is 0 Å². The van der Waals surface area contributed by atoms with Crippen LogP contribution in [0.2, 0.25) is 0 Å². The van der Waals surface area contributed by atoms with E-state index in [0.29, 0.717) is 19.4 Å². The van der Waals surface area contributed by atoms with Crippen molar-refractivity contribution in [2.24, 2.45) is 0 Å². The summed E-state index contributed by atoms with van der Waals surface area (Å²) in [5.41, 5.74) is -0.423. The summed E-state index contributed by atoms with van der Waals surface area (Å²) in [5.74, 6) is -0.966. The minimum absolute atomic E-state index is 0.113. The third-order valence-corrected chi connectivity index (χ3v) is 4.32. The highest BCUT2D eigenvalue weighted by Gasteiger charge is 2.44. The zero-order valence-electron chi connectivity index (χ0n) is 14.3. The van der Waals surface area contributed by atoms with Gasteiger partial charge in [-0.15, -0.1) is 0 Å². The predicted octanol–water partition coefficient (Wildman–Crippen LogP) is 1.43. The Balaban J connectivity index is 1.78. The molecule has 0 aliphatic heterocycles. The number of aromatic amines is 1. The van der Waals surface area contributed by atoms with Crippen molar-refractivity contribution < 1.29 is 9.59 Å². The number of benzene rings is 1. The number of H-pyrrole nitrogens is 1. The van der Waals surface area contributed by atoms with Gasteiger partial charge in [-0.3, -0.25) is 14.4 Å². The first-order chi connectivity index (χ1) is 12.4. The molecule has 1 saturated carbocycles. The predicted molar refractivity (Wildman–Crippen MR) is 94.3 cm³/mol. The van der Waals surface area contributed by atoms with Gasteiger partial charge in [0.1, 0.15) is 11.1 Å². The highest BCUT2D eigenvalue weighted by molar-refractivity contribution is 5.99. The van der Waals surface area contributed by atoms with Gasteiger partial charge in [-0.2, -0.15) is 5.26 Å². The summed E-state index contributed by atoms with van der Waals surface area (Å²) in [6, 6.07) is 12.7. The molecule has 1 aromatic heterocycles. The fourth-order valence-electron chi connectivity index (χ4n) is 2.59. The van der Waals surface area contributed by atoms with Crippen LogP contribution in [0.5, 0.6) is 0 Å². The number of carbonyl (C=O) groups is 2. The smallest absolute Gasteiger partial charge is 0.260 e. The maximum absolute atomic E-state index is 12.6. The molecule has 2 N–H and O–H groups in total. The van der Waals surface area contributed by atoms with Crippen molar-refractivity contribution in [3.8, 4) is 6.07 Å². The van der Waals surface area contributed by atoms with Gasteiger partial charge in [-0.05, 0) is 24.5 Å². The van der Waals surface area contributed by atoms with E-state index in [2.05, 4.69) is 16.4 Å². The summed E-state index contributed by atoms with van der Waals surface area (Å²) >= 11 is 0. The zero-order chi connectivity index (χ0) is 18.7. The second-order valence-corrected chi connectivity index (χ2v) is 6.43. The van der Waals surface area contributed by atoms with Crippen molar-refractivity contribution in [2.75, 3.05) is 7.05 Å². The summed E-state index contributed by atoms with van der Waals surface area (Å²) in [6.45, 7) is 0.340. The molecule has 0 radical (unpaired) electrons. The summed E-state index contributed by atoms with van der Waals surface area (Å²) in [6.07, 6.45) is 2.45. The van der Waals surface area contributed by atoms with E-state index in [-0.39, 0.29) is 11.1 Å². The van der Waals surface area contributed by atoms with Crippen LogP contribution in [0.3, 0.4) is 0 Å². The van der Waals surface area contributed by atoms with Crippen LogP contribution >= 0.6 is 0 Å². The Morgan fingerprint density at radius 1 is 1.31 bits per heavy atom. The van der Waals surface area contributed by atoms with Gasteiger partial charge in [0.15, 0.2) is 0 Å². The van der Waals surface area contributed by atoms with E-state index in [4.69, 9.17) is 5.26 Å². The van der Waals surface area contributed by atoms with Crippen LogP contribution in [-0.2, 0) is 6.54 Å². The highest BCUT2D eigenvalue weighted by Crippen LogP contribution is 2.34. The molecule has 0 saturated heterocycles. The van der Waals surface area contributed by atoms with Gasteiger partial charge in [0.2, 0.25) is 0 Å². The van der Waals surface area contributed by atoms with Gasteiger partial charge < -0.3 is 15.2 Å². The van der Waals surface area contributed by atoms with E-state index < -0.39 is 22.9 Å². The lowest BCUT2D eigenvalue weighted by molar-refractivity contribution is 0.0783. The molecule has 132 valence electrons. The van der Waals surface area contributed by atoms with Gasteiger partial charge in [-0.1, -0.05) is 30.3 Å². The normalized spacial score (nSPS) is 14.2. The number of rotatable bonds is 5. The molecular weight excluding hydrogens is 332 g/mol. The molecule has 0 bridgehead atoms. The molecular formula is C19H18N4O3. The van der Waals surface area contributed by atoms with Gasteiger partial charge >= 0.3 is 0 Å². The minimum atomic E-state index is -0.818. The van der Waals surface area contributed by atoms with E-state index in [1.165, 1.54) is 17.2 Å². The lowest BCUT2D eigenvalue weighted by Crippen LogP contribution is -2.37. The van der Waals surface area contributed by atoms with Crippen LogP contribution in [0, 0.1) is 11.3 Å². The van der Waals surface area contributed by atoms with Crippen LogP contribution in [0.25, 0.3) is 0 Å². The van der Waals surface area contributed by atoms with E-state index in [1.807, 2.05) is 30.3 Å². The molecule has 0 atom stereocenters. The number of hydrogen-bond acceptors (Lipinski definition) is 4. The first kappa shape index (κ1) is 17.4. The van der Waals surface area contributed by atoms with Crippen molar-refractivity contribution in [1.82, 2.24) is 15.2 Å². The number of nitriles is 1. The van der Waals surface area contributed by atoms with Crippen LogP contribution in [0.15, 0.2) is 47.4 Å². The SMILES string of the molecule is CN(Cc1ccccc1)C(=O)c1cc(C(=O)NC2(C#N)CC2)c[nH]c1=O. The first-order valence-corrected chi connectivity index (χ1v) is 8.20. The second-order valence-electron chi connectivity index (χ2n) is 6.43. The Kier molecular flexibility index (Phi) is 4.59. The number of pyridine rings is 1. The van der Waals surface area contributed by atoms with Crippen molar-refractivity contribution in [1.29, 1.82) is 5.26 Å². The Morgan fingerprint density at radius 3 is 2.62 bits per heavy atom. The Bertz CT molecular complexity index is 939. The molecule has 1 aliphatic rings.